The number of rotatable bonds is 2. The molecular formula is C21H22N4O. The molecule has 0 spiro atoms. The molecule has 1 aliphatic rings. The number of fused-ring (bicyclic) bond motifs is 3. The minimum Gasteiger partial charge on any atom is -0.359 e. The van der Waals surface area contributed by atoms with Crippen LogP contribution in [-0.2, 0) is 4.79 Å². The summed E-state index contributed by atoms with van der Waals surface area (Å²) in [4.78, 5) is 11.2. The lowest BCUT2D eigenvalue weighted by Gasteiger charge is -2.31. The molecule has 26 heavy (non-hydrogen) atoms. The number of carbonyl (C=O) groups is 1. The molecule has 0 saturated heterocycles. The highest BCUT2D eigenvalue weighted by atomic mass is 16.1. The lowest BCUT2D eigenvalue weighted by molar-refractivity contribution is -0.114. The largest absolute Gasteiger partial charge is 0.359 e. The second kappa shape index (κ2) is 6.02. The number of benzene rings is 2. The molecule has 0 bridgehead atoms. The highest BCUT2D eigenvalue weighted by molar-refractivity contribution is 5.88. The summed E-state index contributed by atoms with van der Waals surface area (Å²) < 4.78 is 2.05. The van der Waals surface area contributed by atoms with Gasteiger partial charge < -0.3 is 10.6 Å². The van der Waals surface area contributed by atoms with Crippen molar-refractivity contribution >= 4 is 17.3 Å². The second-order valence-electron chi connectivity index (χ2n) is 6.97. The molecule has 1 amide bonds. The van der Waals surface area contributed by atoms with E-state index in [4.69, 9.17) is 5.10 Å². The second-order valence-corrected chi connectivity index (χ2v) is 6.97. The van der Waals surface area contributed by atoms with Gasteiger partial charge in [0.15, 0.2) is 0 Å². The molecule has 2 aromatic carbocycles. The maximum absolute atomic E-state index is 11.2. The zero-order valence-corrected chi connectivity index (χ0v) is 15.4. The molecule has 2 heterocycles. The Morgan fingerprint density at radius 3 is 2.54 bits per heavy atom. The minimum absolute atomic E-state index is 0.0709. The first-order valence-electron chi connectivity index (χ1n) is 8.74. The van der Waals surface area contributed by atoms with Gasteiger partial charge in [-0.15, -0.1) is 0 Å². The third-order valence-electron chi connectivity index (χ3n) is 4.69. The van der Waals surface area contributed by atoms with Crippen molar-refractivity contribution in [3.63, 3.8) is 0 Å². The van der Waals surface area contributed by atoms with Crippen molar-refractivity contribution in [3.8, 4) is 11.3 Å². The SMILES string of the molecule is CC(=O)Nc1ccc(C2Nc3c(C)cc(C)cc3-c3cc(C)nn32)cc1. The van der Waals surface area contributed by atoms with E-state index in [2.05, 4.69) is 42.7 Å². The van der Waals surface area contributed by atoms with Gasteiger partial charge in [0.05, 0.1) is 11.4 Å². The first-order chi connectivity index (χ1) is 12.4. The van der Waals surface area contributed by atoms with Crippen LogP contribution in [0.4, 0.5) is 11.4 Å². The van der Waals surface area contributed by atoms with Crippen molar-refractivity contribution < 1.29 is 4.79 Å². The van der Waals surface area contributed by atoms with E-state index in [0.29, 0.717) is 0 Å². The normalized spacial score (nSPS) is 15.0. The van der Waals surface area contributed by atoms with E-state index in [-0.39, 0.29) is 12.1 Å². The molecule has 1 aliphatic heterocycles. The number of nitrogens with zero attached hydrogens (tertiary/aromatic N) is 2. The van der Waals surface area contributed by atoms with Gasteiger partial charge >= 0.3 is 0 Å². The van der Waals surface area contributed by atoms with E-state index in [1.165, 1.54) is 23.6 Å². The van der Waals surface area contributed by atoms with Crippen LogP contribution >= 0.6 is 0 Å². The highest BCUT2D eigenvalue weighted by Crippen LogP contribution is 2.41. The van der Waals surface area contributed by atoms with E-state index >= 15 is 0 Å². The van der Waals surface area contributed by atoms with Gasteiger partial charge in [0.2, 0.25) is 5.91 Å². The van der Waals surface area contributed by atoms with Crippen molar-refractivity contribution in [2.45, 2.75) is 33.9 Å². The van der Waals surface area contributed by atoms with Gasteiger partial charge in [-0.25, -0.2) is 4.68 Å². The maximum atomic E-state index is 11.2. The molecule has 1 aromatic heterocycles. The Kier molecular flexibility index (Phi) is 3.80. The molecule has 5 heteroatoms. The van der Waals surface area contributed by atoms with Crippen LogP contribution in [0.15, 0.2) is 42.5 Å². The van der Waals surface area contributed by atoms with Crippen LogP contribution in [0.25, 0.3) is 11.3 Å². The Balaban J connectivity index is 1.80. The number of anilines is 2. The van der Waals surface area contributed by atoms with E-state index in [1.807, 2.05) is 35.9 Å². The van der Waals surface area contributed by atoms with Gasteiger partial charge in [0.25, 0.3) is 0 Å². The van der Waals surface area contributed by atoms with Crippen LogP contribution in [-0.4, -0.2) is 15.7 Å². The first kappa shape index (κ1) is 16.4. The zero-order chi connectivity index (χ0) is 18.4. The molecule has 1 unspecified atom stereocenters. The van der Waals surface area contributed by atoms with Crippen LogP contribution in [0.3, 0.4) is 0 Å². The Hall–Kier alpha value is -3.08. The smallest absolute Gasteiger partial charge is 0.221 e. The van der Waals surface area contributed by atoms with Crippen LogP contribution in [0.1, 0.15) is 35.5 Å². The molecule has 0 saturated carbocycles. The standard InChI is InChI=1S/C21H22N4O/c1-12-9-13(2)20-18(10-12)19-11-14(3)24-25(19)21(23-20)16-5-7-17(8-6-16)22-15(4)26/h5-11,21,23H,1-4H3,(H,22,26). The van der Waals surface area contributed by atoms with Crippen molar-refractivity contribution in [1.82, 2.24) is 9.78 Å². The Bertz CT molecular complexity index is 1000. The monoisotopic (exact) mass is 346 g/mol. The average molecular weight is 346 g/mol. The van der Waals surface area contributed by atoms with Gasteiger partial charge in [-0.3, -0.25) is 4.79 Å². The molecule has 132 valence electrons. The van der Waals surface area contributed by atoms with Crippen LogP contribution in [0.5, 0.6) is 0 Å². The number of nitrogens with one attached hydrogen (secondary N) is 2. The summed E-state index contributed by atoms with van der Waals surface area (Å²) in [5, 5.41) is 11.2. The molecule has 0 fully saturated rings. The predicted octanol–water partition coefficient (Wildman–Crippen LogP) is 4.41. The summed E-state index contributed by atoms with van der Waals surface area (Å²) >= 11 is 0. The van der Waals surface area contributed by atoms with E-state index in [0.717, 1.165) is 28.3 Å². The number of amides is 1. The number of carbonyl (C=O) groups excluding carboxylic acids is 1. The molecule has 5 nitrogen and oxygen atoms in total. The van der Waals surface area contributed by atoms with E-state index in [1.54, 1.807) is 0 Å². The predicted molar refractivity (Wildman–Crippen MR) is 104 cm³/mol. The molecular weight excluding hydrogens is 324 g/mol. The van der Waals surface area contributed by atoms with Gasteiger partial charge in [0.1, 0.15) is 6.17 Å². The Morgan fingerprint density at radius 1 is 1.12 bits per heavy atom. The summed E-state index contributed by atoms with van der Waals surface area (Å²) in [6.45, 7) is 7.78. The Labute approximate surface area is 153 Å². The van der Waals surface area contributed by atoms with Gasteiger partial charge in [0, 0.05) is 23.9 Å². The quantitative estimate of drug-likeness (QED) is 0.723. The lowest BCUT2D eigenvalue weighted by atomic mass is 9.98. The lowest BCUT2D eigenvalue weighted by Crippen LogP contribution is -2.26. The van der Waals surface area contributed by atoms with Crippen LogP contribution < -0.4 is 10.6 Å². The van der Waals surface area contributed by atoms with Crippen molar-refractivity contribution in [1.29, 1.82) is 0 Å². The summed E-state index contributed by atoms with van der Waals surface area (Å²) in [5.41, 5.74) is 8.81. The fourth-order valence-electron chi connectivity index (χ4n) is 3.65. The number of aryl methyl sites for hydroxylation is 3. The number of hydrogen-bond donors (Lipinski definition) is 2. The summed E-state index contributed by atoms with van der Waals surface area (Å²) in [5.74, 6) is -0.0709. The molecule has 2 N–H and O–H groups in total. The molecule has 4 rings (SSSR count). The van der Waals surface area contributed by atoms with Crippen molar-refractivity contribution in [3.05, 3.63) is 64.8 Å². The third-order valence-corrected chi connectivity index (χ3v) is 4.69. The Morgan fingerprint density at radius 2 is 1.85 bits per heavy atom. The summed E-state index contributed by atoms with van der Waals surface area (Å²) in [7, 11) is 0. The third kappa shape index (κ3) is 2.75. The summed E-state index contributed by atoms with van der Waals surface area (Å²) in [6.07, 6.45) is -0.0843. The van der Waals surface area contributed by atoms with Crippen molar-refractivity contribution in [2.75, 3.05) is 10.6 Å². The summed E-state index contributed by atoms with van der Waals surface area (Å²) in [6, 6.07) is 14.4. The molecule has 1 atom stereocenters. The molecule has 3 aromatic rings. The fraction of sp³-hybridized carbons (Fsp3) is 0.238. The maximum Gasteiger partial charge on any atom is 0.221 e. The average Bonchev–Trinajstić information content (AvgIpc) is 2.96. The van der Waals surface area contributed by atoms with Crippen LogP contribution in [0.2, 0.25) is 0 Å². The van der Waals surface area contributed by atoms with Gasteiger partial charge in [-0.05, 0) is 56.2 Å². The van der Waals surface area contributed by atoms with Gasteiger partial charge in [-0.1, -0.05) is 23.8 Å². The zero-order valence-electron chi connectivity index (χ0n) is 15.4. The fourth-order valence-corrected chi connectivity index (χ4v) is 3.65. The number of hydrogen-bond acceptors (Lipinski definition) is 3. The molecule has 0 radical (unpaired) electrons. The van der Waals surface area contributed by atoms with E-state index in [9.17, 15) is 4.79 Å². The van der Waals surface area contributed by atoms with Gasteiger partial charge in [-0.2, -0.15) is 5.10 Å². The van der Waals surface area contributed by atoms with E-state index < -0.39 is 0 Å². The topological polar surface area (TPSA) is 59.0 Å². The number of aromatic nitrogens is 2. The first-order valence-corrected chi connectivity index (χ1v) is 8.74. The van der Waals surface area contributed by atoms with Crippen molar-refractivity contribution in [2.24, 2.45) is 0 Å². The minimum atomic E-state index is -0.0843. The highest BCUT2D eigenvalue weighted by Gasteiger charge is 2.27. The molecule has 0 aliphatic carbocycles. The van der Waals surface area contributed by atoms with Crippen LogP contribution in [0, 0.1) is 20.8 Å².